The van der Waals surface area contributed by atoms with Crippen LogP contribution in [0.4, 0.5) is 0 Å². The molecule has 0 heterocycles. The summed E-state index contributed by atoms with van der Waals surface area (Å²) in [6, 6.07) is 0.396. The maximum atomic E-state index is 9.95. The van der Waals surface area contributed by atoms with E-state index >= 15 is 0 Å². The van der Waals surface area contributed by atoms with Gasteiger partial charge in [0.2, 0.25) is 0 Å². The molecule has 0 amide bonds. The van der Waals surface area contributed by atoms with Gasteiger partial charge in [-0.2, -0.15) is 0 Å². The molecule has 1 aliphatic rings. The minimum atomic E-state index is -0.524. The first-order valence-corrected chi connectivity index (χ1v) is 9.46. The van der Waals surface area contributed by atoms with E-state index < -0.39 is 6.10 Å². The first kappa shape index (κ1) is 23.9. The van der Waals surface area contributed by atoms with Gasteiger partial charge in [-0.3, -0.25) is 4.99 Å². The lowest BCUT2D eigenvalue weighted by molar-refractivity contribution is 0.0368. The minimum Gasteiger partial charge on any atom is -0.389 e. The van der Waals surface area contributed by atoms with Gasteiger partial charge in [0.1, 0.15) is 0 Å². The number of hydrogen-bond acceptors (Lipinski definition) is 3. The van der Waals surface area contributed by atoms with Crippen molar-refractivity contribution in [2.75, 3.05) is 26.3 Å². The Morgan fingerprint density at radius 3 is 2.62 bits per heavy atom. The van der Waals surface area contributed by atoms with Crippen molar-refractivity contribution < 1.29 is 9.84 Å². The van der Waals surface area contributed by atoms with Crippen LogP contribution in [0.25, 0.3) is 0 Å². The SMILES string of the molecule is CCCCCCC(C)NC(=NCC(O)COCC1CC1)NCC.I. The van der Waals surface area contributed by atoms with E-state index in [1.807, 2.05) is 0 Å². The summed E-state index contributed by atoms with van der Waals surface area (Å²) < 4.78 is 5.51. The highest BCUT2D eigenvalue weighted by Crippen LogP contribution is 2.28. The van der Waals surface area contributed by atoms with Crippen LogP contribution in [0.2, 0.25) is 0 Å². The van der Waals surface area contributed by atoms with Crippen LogP contribution < -0.4 is 10.6 Å². The van der Waals surface area contributed by atoms with E-state index in [-0.39, 0.29) is 24.0 Å². The van der Waals surface area contributed by atoms with Crippen LogP contribution in [-0.2, 0) is 4.74 Å². The number of guanidine groups is 1. The highest BCUT2D eigenvalue weighted by molar-refractivity contribution is 14.0. The van der Waals surface area contributed by atoms with Crippen LogP contribution in [-0.4, -0.2) is 49.5 Å². The third-order valence-electron chi connectivity index (χ3n) is 4.04. The number of unbranched alkanes of at least 4 members (excludes halogenated alkanes) is 3. The number of rotatable bonds is 13. The average Bonchev–Trinajstić information content (AvgIpc) is 3.34. The van der Waals surface area contributed by atoms with Crippen LogP contribution in [0.3, 0.4) is 0 Å². The Labute approximate surface area is 165 Å². The first-order chi connectivity index (χ1) is 11.2. The molecule has 0 aliphatic heterocycles. The van der Waals surface area contributed by atoms with Gasteiger partial charge in [-0.05, 0) is 39.0 Å². The normalized spacial score (nSPS) is 17.1. The zero-order valence-electron chi connectivity index (χ0n) is 15.7. The molecule has 2 unspecified atom stereocenters. The summed E-state index contributed by atoms with van der Waals surface area (Å²) in [6.07, 6.45) is 8.31. The molecule has 0 aromatic rings. The summed E-state index contributed by atoms with van der Waals surface area (Å²) in [6.45, 7) is 8.84. The van der Waals surface area contributed by atoms with Crippen molar-refractivity contribution in [2.24, 2.45) is 10.9 Å². The number of nitrogens with zero attached hydrogens (tertiary/aromatic N) is 1. The van der Waals surface area contributed by atoms with Crippen molar-refractivity contribution in [1.29, 1.82) is 0 Å². The third-order valence-corrected chi connectivity index (χ3v) is 4.04. The van der Waals surface area contributed by atoms with Gasteiger partial charge in [0.25, 0.3) is 0 Å². The molecule has 1 fully saturated rings. The number of halogens is 1. The third kappa shape index (κ3) is 13.2. The highest BCUT2D eigenvalue weighted by atomic mass is 127. The maximum Gasteiger partial charge on any atom is 0.191 e. The standard InChI is InChI=1S/C18H37N3O2.HI/c1-4-6-7-8-9-15(3)21-18(19-5-2)20-12-17(22)14-23-13-16-10-11-16;/h15-17,22H,4-14H2,1-3H3,(H2,19,20,21);1H. The monoisotopic (exact) mass is 455 g/mol. The number of aliphatic hydroxyl groups is 1. The average molecular weight is 455 g/mol. The van der Waals surface area contributed by atoms with Crippen molar-refractivity contribution >= 4 is 29.9 Å². The Morgan fingerprint density at radius 2 is 2.00 bits per heavy atom. The number of ether oxygens (including phenoxy) is 1. The molecule has 3 N–H and O–H groups in total. The molecular weight excluding hydrogens is 417 g/mol. The van der Waals surface area contributed by atoms with E-state index in [2.05, 4.69) is 36.4 Å². The predicted octanol–water partition coefficient (Wildman–Crippen LogP) is 3.31. The maximum absolute atomic E-state index is 9.95. The molecule has 2 atom stereocenters. The second-order valence-corrected chi connectivity index (χ2v) is 6.75. The topological polar surface area (TPSA) is 65.9 Å². The molecule has 144 valence electrons. The van der Waals surface area contributed by atoms with E-state index in [1.165, 1.54) is 38.5 Å². The molecule has 0 saturated heterocycles. The van der Waals surface area contributed by atoms with Crippen LogP contribution >= 0.6 is 24.0 Å². The molecule has 5 nitrogen and oxygen atoms in total. The molecule has 6 heteroatoms. The first-order valence-electron chi connectivity index (χ1n) is 9.46. The lowest BCUT2D eigenvalue weighted by atomic mass is 10.1. The molecule has 1 aliphatic carbocycles. The Kier molecular flexibility index (Phi) is 15.1. The lowest BCUT2D eigenvalue weighted by Gasteiger charge is -2.18. The van der Waals surface area contributed by atoms with E-state index in [1.54, 1.807) is 0 Å². The van der Waals surface area contributed by atoms with E-state index in [4.69, 9.17) is 4.74 Å². The van der Waals surface area contributed by atoms with Crippen molar-refractivity contribution in [1.82, 2.24) is 10.6 Å². The summed E-state index contributed by atoms with van der Waals surface area (Å²) in [7, 11) is 0. The van der Waals surface area contributed by atoms with Gasteiger partial charge in [-0.1, -0.05) is 32.6 Å². The van der Waals surface area contributed by atoms with E-state index in [0.29, 0.717) is 19.2 Å². The minimum absolute atomic E-state index is 0. The zero-order valence-corrected chi connectivity index (χ0v) is 18.1. The van der Waals surface area contributed by atoms with Crippen LogP contribution in [0.1, 0.15) is 65.7 Å². The van der Waals surface area contributed by atoms with Crippen molar-refractivity contribution in [3.8, 4) is 0 Å². The fraction of sp³-hybridized carbons (Fsp3) is 0.944. The largest absolute Gasteiger partial charge is 0.389 e. The molecule has 0 spiro atoms. The number of aliphatic imine (C=N–C) groups is 1. The molecule has 1 rings (SSSR count). The second-order valence-electron chi connectivity index (χ2n) is 6.75. The Morgan fingerprint density at radius 1 is 1.25 bits per heavy atom. The smallest absolute Gasteiger partial charge is 0.191 e. The fourth-order valence-corrected chi connectivity index (χ4v) is 2.41. The van der Waals surface area contributed by atoms with Gasteiger partial charge in [-0.25, -0.2) is 0 Å². The second kappa shape index (κ2) is 15.2. The van der Waals surface area contributed by atoms with Gasteiger partial charge in [0.05, 0.1) is 19.3 Å². The number of nitrogens with one attached hydrogen (secondary N) is 2. The van der Waals surface area contributed by atoms with E-state index in [9.17, 15) is 5.11 Å². The molecular formula is C18H38IN3O2. The Bertz CT molecular complexity index is 325. The van der Waals surface area contributed by atoms with Crippen LogP contribution in [0.15, 0.2) is 4.99 Å². The molecule has 0 radical (unpaired) electrons. The Hall–Kier alpha value is -0.0800. The summed E-state index contributed by atoms with van der Waals surface area (Å²) in [4.78, 5) is 4.48. The van der Waals surface area contributed by atoms with Gasteiger partial charge in [0, 0.05) is 19.2 Å². The molecule has 0 bridgehead atoms. The molecule has 0 aromatic heterocycles. The fourth-order valence-electron chi connectivity index (χ4n) is 2.41. The van der Waals surface area contributed by atoms with Crippen molar-refractivity contribution in [2.45, 2.75) is 77.9 Å². The summed E-state index contributed by atoms with van der Waals surface area (Å²) >= 11 is 0. The quantitative estimate of drug-likeness (QED) is 0.173. The summed E-state index contributed by atoms with van der Waals surface area (Å²) in [5.41, 5.74) is 0. The van der Waals surface area contributed by atoms with Crippen molar-refractivity contribution in [3.63, 3.8) is 0 Å². The predicted molar refractivity (Wildman–Crippen MR) is 112 cm³/mol. The molecule has 1 saturated carbocycles. The summed E-state index contributed by atoms with van der Waals surface area (Å²) in [5.74, 6) is 1.52. The van der Waals surface area contributed by atoms with Crippen LogP contribution in [0, 0.1) is 5.92 Å². The van der Waals surface area contributed by atoms with E-state index in [0.717, 1.165) is 31.4 Å². The number of hydrogen-bond donors (Lipinski definition) is 3. The van der Waals surface area contributed by atoms with Gasteiger partial charge < -0.3 is 20.5 Å². The van der Waals surface area contributed by atoms with Crippen LogP contribution in [0.5, 0.6) is 0 Å². The van der Waals surface area contributed by atoms with Gasteiger partial charge in [-0.15, -0.1) is 24.0 Å². The summed E-state index contributed by atoms with van der Waals surface area (Å²) in [5, 5.41) is 16.6. The van der Waals surface area contributed by atoms with Crippen molar-refractivity contribution in [3.05, 3.63) is 0 Å². The lowest BCUT2D eigenvalue weighted by Crippen LogP contribution is -2.42. The number of aliphatic hydroxyl groups excluding tert-OH is 1. The zero-order chi connectivity index (χ0) is 16.9. The Balaban J connectivity index is 0.00000529. The van der Waals surface area contributed by atoms with Gasteiger partial charge >= 0.3 is 0 Å². The van der Waals surface area contributed by atoms with Gasteiger partial charge in [0.15, 0.2) is 5.96 Å². The highest BCUT2D eigenvalue weighted by Gasteiger charge is 2.21. The molecule has 24 heavy (non-hydrogen) atoms. The molecule has 0 aromatic carbocycles.